The summed E-state index contributed by atoms with van der Waals surface area (Å²) in [4.78, 5) is 15.2. The minimum atomic E-state index is 0.205. The van der Waals surface area contributed by atoms with Gasteiger partial charge in [0.2, 0.25) is 0 Å². The van der Waals surface area contributed by atoms with Crippen LogP contribution in [0.5, 0.6) is 0 Å². The van der Waals surface area contributed by atoms with E-state index in [1.54, 1.807) is 0 Å². The van der Waals surface area contributed by atoms with E-state index in [1.807, 2.05) is 54.6 Å². The molecule has 0 spiro atoms. The molecule has 0 atom stereocenters. The normalized spacial score (nSPS) is 17.1. The number of hydrogen-bond donors (Lipinski definition) is 0. The Labute approximate surface area is 172 Å². The highest BCUT2D eigenvalue weighted by Gasteiger charge is 2.26. The highest BCUT2D eigenvalue weighted by Crippen LogP contribution is 2.29. The van der Waals surface area contributed by atoms with Crippen molar-refractivity contribution in [2.24, 2.45) is 0 Å². The predicted molar refractivity (Wildman–Crippen MR) is 120 cm³/mol. The first-order valence-corrected chi connectivity index (χ1v) is 10.1. The summed E-state index contributed by atoms with van der Waals surface area (Å²) in [6.45, 7) is 3.63. The monoisotopic (exact) mass is 379 g/mol. The molecular formula is C27H25NO. The molecule has 1 fully saturated rings. The fourth-order valence-electron chi connectivity index (χ4n) is 3.63. The Kier molecular flexibility index (Phi) is 5.71. The van der Waals surface area contributed by atoms with Crippen molar-refractivity contribution in [1.29, 1.82) is 0 Å². The molecule has 0 N–H and O–H groups in total. The Bertz CT molecular complexity index is 1030. The molecule has 29 heavy (non-hydrogen) atoms. The third kappa shape index (κ3) is 4.72. The second-order valence-electron chi connectivity index (χ2n) is 7.49. The molecule has 3 aromatic rings. The largest absolute Gasteiger partial charge is 0.366 e. The number of piperidine rings is 1. The molecule has 1 aliphatic heterocycles. The molecule has 0 unspecified atom stereocenters. The van der Waals surface area contributed by atoms with E-state index in [0.29, 0.717) is 6.42 Å². The number of nitrogens with zero attached hydrogens (tertiary/aromatic N) is 1. The van der Waals surface area contributed by atoms with Crippen molar-refractivity contribution in [3.8, 4) is 0 Å². The van der Waals surface area contributed by atoms with Crippen molar-refractivity contribution >= 4 is 17.9 Å². The molecule has 0 bridgehead atoms. The lowest BCUT2D eigenvalue weighted by atomic mass is 9.94. The van der Waals surface area contributed by atoms with E-state index in [1.165, 1.54) is 11.1 Å². The van der Waals surface area contributed by atoms with Crippen LogP contribution in [0, 0.1) is 6.92 Å². The fraction of sp³-hybridized carbons (Fsp3) is 0.148. The van der Waals surface area contributed by atoms with Crippen LogP contribution in [0.15, 0.2) is 96.2 Å². The van der Waals surface area contributed by atoms with E-state index in [9.17, 15) is 4.79 Å². The van der Waals surface area contributed by atoms with Crippen molar-refractivity contribution < 1.29 is 4.79 Å². The topological polar surface area (TPSA) is 20.3 Å². The second kappa shape index (κ2) is 8.74. The van der Waals surface area contributed by atoms with Gasteiger partial charge in [0.15, 0.2) is 5.78 Å². The van der Waals surface area contributed by atoms with Crippen molar-refractivity contribution in [1.82, 2.24) is 4.90 Å². The van der Waals surface area contributed by atoms with Gasteiger partial charge in [0.05, 0.1) is 0 Å². The van der Waals surface area contributed by atoms with Crippen molar-refractivity contribution in [2.45, 2.75) is 19.9 Å². The molecule has 0 saturated carbocycles. The molecule has 3 aromatic carbocycles. The van der Waals surface area contributed by atoms with Crippen LogP contribution < -0.4 is 0 Å². The minimum absolute atomic E-state index is 0.205. The zero-order chi connectivity index (χ0) is 20.1. The van der Waals surface area contributed by atoms with Gasteiger partial charge in [-0.25, -0.2) is 0 Å². The molecule has 2 heteroatoms. The second-order valence-corrected chi connectivity index (χ2v) is 7.49. The maximum Gasteiger partial charge on any atom is 0.166 e. The van der Waals surface area contributed by atoms with Gasteiger partial charge in [-0.2, -0.15) is 0 Å². The number of likely N-dealkylation sites (tertiary alicyclic amines) is 1. The van der Waals surface area contributed by atoms with E-state index in [0.717, 1.165) is 35.5 Å². The molecule has 0 radical (unpaired) electrons. The molecule has 1 heterocycles. The summed E-state index contributed by atoms with van der Waals surface area (Å²) >= 11 is 0. The number of carbonyl (C=O) groups is 1. The number of hydrogen-bond acceptors (Lipinski definition) is 2. The average molecular weight is 380 g/mol. The number of allylic oxidation sites excluding steroid dienone is 1. The number of benzene rings is 3. The zero-order valence-electron chi connectivity index (χ0n) is 16.7. The molecule has 0 aliphatic carbocycles. The van der Waals surface area contributed by atoms with Crippen molar-refractivity contribution in [3.63, 3.8) is 0 Å². The quantitative estimate of drug-likeness (QED) is 0.527. The number of rotatable bonds is 4. The Balaban J connectivity index is 1.75. The van der Waals surface area contributed by atoms with Gasteiger partial charge >= 0.3 is 0 Å². The van der Waals surface area contributed by atoms with Gasteiger partial charge in [0.1, 0.15) is 0 Å². The van der Waals surface area contributed by atoms with Crippen LogP contribution in [0.3, 0.4) is 0 Å². The van der Waals surface area contributed by atoms with Crippen LogP contribution in [-0.2, 0) is 11.3 Å². The van der Waals surface area contributed by atoms with E-state index in [2.05, 4.69) is 54.3 Å². The summed E-state index contributed by atoms with van der Waals surface area (Å²) in [7, 11) is 0. The average Bonchev–Trinajstić information content (AvgIpc) is 2.75. The molecule has 0 amide bonds. The van der Waals surface area contributed by atoms with Gasteiger partial charge in [0.25, 0.3) is 0 Å². The highest BCUT2D eigenvalue weighted by atomic mass is 16.1. The van der Waals surface area contributed by atoms with Crippen LogP contribution >= 0.6 is 0 Å². The zero-order valence-corrected chi connectivity index (χ0v) is 16.7. The molecule has 2 nitrogen and oxygen atoms in total. The van der Waals surface area contributed by atoms with E-state index in [4.69, 9.17) is 0 Å². The Hall–Kier alpha value is -3.39. The van der Waals surface area contributed by atoms with Gasteiger partial charge in [-0.15, -0.1) is 0 Å². The van der Waals surface area contributed by atoms with Gasteiger partial charge in [0, 0.05) is 30.8 Å². The van der Waals surface area contributed by atoms with Crippen LogP contribution in [0.1, 0.15) is 28.7 Å². The SMILES string of the molecule is Cc1ccc(CN2CCC(=O)C(=Cc3ccccc3)C2=Cc2ccccc2)cc1. The van der Waals surface area contributed by atoms with Crippen LogP contribution in [-0.4, -0.2) is 17.2 Å². The van der Waals surface area contributed by atoms with Gasteiger partial charge < -0.3 is 4.90 Å². The first kappa shape index (κ1) is 18.9. The standard InChI is InChI=1S/C27H25NO/c1-21-12-14-24(15-13-21)20-28-17-16-27(29)25(18-22-8-4-2-5-9-22)26(28)19-23-10-6-3-7-11-23/h2-15,18-19H,16-17,20H2,1H3. The molecule has 1 saturated heterocycles. The minimum Gasteiger partial charge on any atom is -0.366 e. The maximum absolute atomic E-state index is 12.9. The third-order valence-electron chi connectivity index (χ3n) is 5.23. The Morgan fingerprint density at radius 3 is 2.00 bits per heavy atom. The highest BCUT2D eigenvalue weighted by molar-refractivity contribution is 6.05. The first-order valence-electron chi connectivity index (χ1n) is 10.1. The Morgan fingerprint density at radius 1 is 0.793 bits per heavy atom. The summed E-state index contributed by atoms with van der Waals surface area (Å²) in [5.41, 5.74) is 6.45. The van der Waals surface area contributed by atoms with Gasteiger partial charge in [-0.3, -0.25) is 4.79 Å². The van der Waals surface area contributed by atoms with E-state index >= 15 is 0 Å². The fourth-order valence-corrected chi connectivity index (χ4v) is 3.63. The molecule has 0 aromatic heterocycles. The van der Waals surface area contributed by atoms with Crippen LogP contribution in [0.25, 0.3) is 12.2 Å². The summed E-state index contributed by atoms with van der Waals surface area (Å²) in [5, 5.41) is 0. The predicted octanol–water partition coefficient (Wildman–Crippen LogP) is 5.89. The van der Waals surface area contributed by atoms with E-state index < -0.39 is 0 Å². The lowest BCUT2D eigenvalue weighted by Gasteiger charge is -2.33. The van der Waals surface area contributed by atoms with Crippen molar-refractivity contribution in [3.05, 3.63) is 118 Å². The smallest absolute Gasteiger partial charge is 0.166 e. The van der Waals surface area contributed by atoms with E-state index in [-0.39, 0.29) is 5.78 Å². The first-order chi connectivity index (χ1) is 14.2. The maximum atomic E-state index is 12.9. The van der Waals surface area contributed by atoms with Gasteiger partial charge in [-0.05, 0) is 35.8 Å². The molecule has 1 aliphatic rings. The lowest BCUT2D eigenvalue weighted by molar-refractivity contribution is -0.116. The number of aryl methyl sites for hydroxylation is 1. The summed E-state index contributed by atoms with van der Waals surface area (Å²) in [6.07, 6.45) is 4.70. The Morgan fingerprint density at radius 2 is 1.38 bits per heavy atom. The summed E-state index contributed by atoms with van der Waals surface area (Å²) < 4.78 is 0. The van der Waals surface area contributed by atoms with Gasteiger partial charge in [-0.1, -0.05) is 90.5 Å². The number of Topliss-reactive ketones (excluding diaryl/α,β-unsaturated/α-hetero) is 1. The van der Waals surface area contributed by atoms with Crippen LogP contribution in [0.4, 0.5) is 0 Å². The summed E-state index contributed by atoms with van der Waals surface area (Å²) in [5.74, 6) is 0.205. The van der Waals surface area contributed by atoms with Crippen molar-refractivity contribution in [2.75, 3.05) is 6.54 Å². The molecule has 4 rings (SSSR count). The number of ketones is 1. The summed E-state index contributed by atoms with van der Waals surface area (Å²) in [6, 6.07) is 29.0. The molecular weight excluding hydrogens is 354 g/mol. The van der Waals surface area contributed by atoms with Crippen LogP contribution in [0.2, 0.25) is 0 Å². The third-order valence-corrected chi connectivity index (χ3v) is 5.23. The number of carbonyl (C=O) groups excluding carboxylic acids is 1. The lowest BCUT2D eigenvalue weighted by Crippen LogP contribution is -2.33. The molecule has 144 valence electrons.